The van der Waals surface area contributed by atoms with Crippen LogP contribution in [0.3, 0.4) is 0 Å². The number of sulfone groups is 1. The molecule has 0 radical (unpaired) electrons. The van der Waals surface area contributed by atoms with Crippen molar-refractivity contribution in [1.82, 2.24) is 0 Å². The van der Waals surface area contributed by atoms with Crippen LogP contribution in [-0.4, -0.2) is 21.0 Å². The molecule has 0 aromatic heterocycles. The maximum Gasteiger partial charge on any atom is 0.338 e. The normalized spacial score (nSPS) is 12.2. The molecule has 0 aliphatic heterocycles. The summed E-state index contributed by atoms with van der Waals surface area (Å²) in [7, 11) is -3.97. The van der Waals surface area contributed by atoms with E-state index < -0.39 is 20.7 Å². The molecule has 29 heavy (non-hydrogen) atoms. The zero-order valence-corrected chi connectivity index (χ0v) is 17.7. The average Bonchev–Trinajstić information content (AvgIpc) is 2.68. The van der Waals surface area contributed by atoms with Crippen LogP contribution in [0.4, 0.5) is 5.69 Å². The fourth-order valence-corrected chi connectivity index (χ4v) is 3.61. The molecular weight excluding hydrogens is 388 g/mol. The van der Waals surface area contributed by atoms with Crippen molar-refractivity contribution in [3.8, 4) is 6.07 Å². The third-order valence-corrected chi connectivity index (χ3v) is 5.85. The van der Waals surface area contributed by atoms with E-state index in [1.807, 2.05) is 20.8 Å². The molecule has 1 N–H and O–H groups in total. The zero-order valence-electron chi connectivity index (χ0n) is 16.9. The molecule has 152 valence electrons. The minimum absolute atomic E-state index is 0.0420. The van der Waals surface area contributed by atoms with Crippen molar-refractivity contribution in [3.05, 3.63) is 70.8 Å². The highest BCUT2D eigenvalue weighted by Crippen LogP contribution is 2.25. The third-order valence-electron chi connectivity index (χ3n) is 4.17. The van der Waals surface area contributed by atoms with Gasteiger partial charge in [0.05, 0.1) is 17.1 Å². The largest absolute Gasteiger partial charge is 0.462 e. The molecule has 0 unspecified atom stereocenters. The standard InChI is InChI=1S/C22H24N2O4S/c1-5-28-21(25)16-7-6-8-18(13-16)24-15-20(14-23)29(26,27)19-11-9-17(10-12-19)22(2,3)4/h6-13,15,24H,5H2,1-4H3/b20-15+. The molecule has 0 spiro atoms. The van der Waals surface area contributed by atoms with E-state index in [0.717, 1.165) is 11.8 Å². The number of nitrogens with zero attached hydrogens (tertiary/aromatic N) is 1. The van der Waals surface area contributed by atoms with E-state index in [2.05, 4.69) is 5.32 Å². The number of rotatable bonds is 6. The van der Waals surface area contributed by atoms with Gasteiger partial charge in [0.2, 0.25) is 9.84 Å². The summed E-state index contributed by atoms with van der Waals surface area (Å²) in [5.41, 5.74) is 1.67. The van der Waals surface area contributed by atoms with Crippen molar-refractivity contribution in [1.29, 1.82) is 5.26 Å². The first-order valence-electron chi connectivity index (χ1n) is 9.09. The zero-order chi connectivity index (χ0) is 21.7. The Hall–Kier alpha value is -3.11. The maximum atomic E-state index is 12.8. The predicted octanol–water partition coefficient (Wildman–Crippen LogP) is 4.41. The average molecular weight is 413 g/mol. The number of allylic oxidation sites excluding steroid dienone is 1. The number of carbonyl (C=O) groups is 1. The maximum absolute atomic E-state index is 12.8. The van der Waals surface area contributed by atoms with Gasteiger partial charge in [-0.1, -0.05) is 39.0 Å². The molecule has 0 fully saturated rings. The Kier molecular flexibility index (Phi) is 6.83. The number of hydrogen-bond donors (Lipinski definition) is 1. The summed E-state index contributed by atoms with van der Waals surface area (Å²) >= 11 is 0. The minimum Gasteiger partial charge on any atom is -0.462 e. The van der Waals surface area contributed by atoms with E-state index in [4.69, 9.17) is 4.74 Å². The number of ether oxygens (including phenoxy) is 1. The SMILES string of the molecule is CCOC(=O)c1cccc(N/C=C(\C#N)S(=O)(=O)c2ccc(C(C)(C)C)cc2)c1. The number of nitrogens with one attached hydrogen (secondary N) is 1. The Labute approximate surface area is 171 Å². The van der Waals surface area contributed by atoms with Gasteiger partial charge >= 0.3 is 5.97 Å². The van der Waals surface area contributed by atoms with E-state index in [0.29, 0.717) is 11.3 Å². The first-order valence-corrected chi connectivity index (χ1v) is 10.6. The second-order valence-electron chi connectivity index (χ2n) is 7.34. The molecular formula is C22H24N2O4S. The predicted molar refractivity (Wildman–Crippen MR) is 112 cm³/mol. The lowest BCUT2D eigenvalue weighted by Crippen LogP contribution is -2.12. The fraction of sp³-hybridized carbons (Fsp3) is 0.273. The Balaban J connectivity index is 2.28. The second kappa shape index (κ2) is 8.93. The minimum atomic E-state index is -3.97. The second-order valence-corrected chi connectivity index (χ2v) is 9.26. The van der Waals surface area contributed by atoms with Gasteiger partial charge in [-0.2, -0.15) is 5.26 Å². The van der Waals surface area contributed by atoms with Gasteiger partial charge in [0.15, 0.2) is 4.91 Å². The van der Waals surface area contributed by atoms with Crippen molar-refractivity contribution in [2.45, 2.75) is 38.0 Å². The number of benzene rings is 2. The number of anilines is 1. The molecule has 0 saturated carbocycles. The Morgan fingerprint density at radius 3 is 2.38 bits per heavy atom. The van der Waals surface area contributed by atoms with Crippen LogP contribution in [0.1, 0.15) is 43.6 Å². The molecule has 2 rings (SSSR count). The summed E-state index contributed by atoms with van der Waals surface area (Å²) < 4.78 is 30.5. The smallest absolute Gasteiger partial charge is 0.338 e. The van der Waals surface area contributed by atoms with Crippen molar-refractivity contribution in [2.75, 3.05) is 11.9 Å². The monoisotopic (exact) mass is 412 g/mol. The number of carbonyl (C=O) groups excluding carboxylic acids is 1. The van der Waals surface area contributed by atoms with Crippen molar-refractivity contribution in [3.63, 3.8) is 0 Å². The van der Waals surface area contributed by atoms with Gasteiger partial charge in [-0.25, -0.2) is 13.2 Å². The lowest BCUT2D eigenvalue weighted by molar-refractivity contribution is 0.0526. The van der Waals surface area contributed by atoms with Crippen molar-refractivity contribution >= 4 is 21.5 Å². The molecule has 6 nitrogen and oxygen atoms in total. The van der Waals surface area contributed by atoms with Crippen LogP contribution in [-0.2, 0) is 20.0 Å². The highest BCUT2D eigenvalue weighted by Gasteiger charge is 2.22. The van der Waals surface area contributed by atoms with Gasteiger partial charge in [0, 0.05) is 11.9 Å². The summed E-state index contributed by atoms with van der Waals surface area (Å²) in [4.78, 5) is 11.4. The molecule has 0 saturated heterocycles. The Morgan fingerprint density at radius 1 is 1.17 bits per heavy atom. The van der Waals surface area contributed by atoms with Crippen LogP contribution < -0.4 is 5.32 Å². The van der Waals surface area contributed by atoms with Crippen LogP contribution in [0.5, 0.6) is 0 Å². The van der Waals surface area contributed by atoms with E-state index in [9.17, 15) is 18.5 Å². The van der Waals surface area contributed by atoms with E-state index in [1.54, 1.807) is 43.3 Å². The third kappa shape index (κ3) is 5.46. The van der Waals surface area contributed by atoms with Crippen LogP contribution in [0.25, 0.3) is 0 Å². The summed E-state index contributed by atoms with van der Waals surface area (Å²) in [6.45, 7) is 8.06. The first-order chi connectivity index (χ1) is 13.6. The highest BCUT2D eigenvalue weighted by atomic mass is 32.2. The molecule has 0 amide bonds. The van der Waals surface area contributed by atoms with Crippen molar-refractivity contribution < 1.29 is 17.9 Å². The summed E-state index contributed by atoms with van der Waals surface area (Å²) in [6, 6.07) is 14.6. The van der Waals surface area contributed by atoms with Gasteiger partial charge in [-0.3, -0.25) is 0 Å². The van der Waals surface area contributed by atoms with Crippen LogP contribution in [0.15, 0.2) is 64.5 Å². The fourth-order valence-electron chi connectivity index (χ4n) is 2.53. The van der Waals surface area contributed by atoms with Gasteiger partial charge in [0.25, 0.3) is 0 Å². The van der Waals surface area contributed by atoms with E-state index >= 15 is 0 Å². The molecule has 2 aromatic carbocycles. The molecule has 0 aliphatic rings. The number of esters is 1. The van der Waals surface area contributed by atoms with Crippen LogP contribution in [0.2, 0.25) is 0 Å². The van der Waals surface area contributed by atoms with Crippen LogP contribution in [0, 0.1) is 11.3 Å². The molecule has 0 heterocycles. The molecule has 7 heteroatoms. The molecule has 0 atom stereocenters. The summed E-state index contributed by atoms with van der Waals surface area (Å²) in [5, 5.41) is 12.2. The van der Waals surface area contributed by atoms with Gasteiger partial charge in [-0.15, -0.1) is 0 Å². The summed E-state index contributed by atoms with van der Waals surface area (Å²) in [5.74, 6) is -0.479. The van der Waals surface area contributed by atoms with Crippen molar-refractivity contribution in [2.24, 2.45) is 0 Å². The van der Waals surface area contributed by atoms with E-state index in [1.165, 1.54) is 18.2 Å². The summed E-state index contributed by atoms with van der Waals surface area (Å²) in [6.07, 6.45) is 1.12. The van der Waals surface area contributed by atoms with Gasteiger partial charge in [0.1, 0.15) is 6.07 Å². The van der Waals surface area contributed by atoms with Gasteiger partial charge < -0.3 is 10.1 Å². The number of nitriles is 1. The topological polar surface area (TPSA) is 96.3 Å². The van der Waals surface area contributed by atoms with Crippen LogP contribution >= 0.6 is 0 Å². The van der Waals surface area contributed by atoms with Gasteiger partial charge in [-0.05, 0) is 48.2 Å². The molecule has 2 aromatic rings. The Bertz CT molecular complexity index is 1060. The van der Waals surface area contributed by atoms with E-state index in [-0.39, 0.29) is 16.9 Å². The highest BCUT2D eigenvalue weighted by molar-refractivity contribution is 7.95. The number of hydrogen-bond acceptors (Lipinski definition) is 6. The molecule has 0 aliphatic carbocycles. The quantitative estimate of drug-likeness (QED) is 0.558. The Morgan fingerprint density at radius 2 is 1.83 bits per heavy atom. The lowest BCUT2D eigenvalue weighted by Gasteiger charge is -2.19. The lowest BCUT2D eigenvalue weighted by atomic mass is 9.87. The first kappa shape index (κ1) is 22.2. The molecule has 0 bridgehead atoms.